The number of nitrogens with one attached hydrogen (secondary N) is 1. The molecule has 0 aliphatic rings. The Hall–Kier alpha value is -1.85. The molecule has 0 saturated carbocycles. The summed E-state index contributed by atoms with van der Waals surface area (Å²) < 4.78 is 6.01. The number of thiophene rings is 1. The molecular formula is C13H9ClN2O2S. The Bertz CT molecular complexity index is 763. The molecule has 0 atom stereocenters. The minimum Gasteiger partial charge on any atom is -0.441 e. The predicted octanol–water partition coefficient (Wildman–Crippen LogP) is 4.10. The highest BCUT2D eigenvalue weighted by Crippen LogP contribution is 2.24. The van der Waals surface area contributed by atoms with Gasteiger partial charge in [0.15, 0.2) is 11.5 Å². The highest BCUT2D eigenvalue weighted by atomic mass is 35.5. The minimum atomic E-state index is -0.188. The van der Waals surface area contributed by atoms with E-state index in [9.17, 15) is 4.79 Å². The highest BCUT2D eigenvalue weighted by molar-refractivity contribution is 7.18. The van der Waals surface area contributed by atoms with Crippen molar-refractivity contribution in [2.24, 2.45) is 0 Å². The number of oxazole rings is 1. The third kappa shape index (κ3) is 2.47. The number of anilines is 1. The summed E-state index contributed by atoms with van der Waals surface area (Å²) in [4.78, 5) is 16.7. The van der Waals surface area contributed by atoms with Crippen LogP contribution in [0.5, 0.6) is 0 Å². The van der Waals surface area contributed by atoms with E-state index in [0.29, 0.717) is 26.4 Å². The molecule has 2 heterocycles. The fourth-order valence-corrected chi connectivity index (χ4v) is 2.68. The quantitative estimate of drug-likeness (QED) is 0.773. The average molecular weight is 293 g/mol. The van der Waals surface area contributed by atoms with Gasteiger partial charge in [-0.15, -0.1) is 11.3 Å². The molecule has 3 rings (SSSR count). The summed E-state index contributed by atoms with van der Waals surface area (Å²) in [6, 6.07) is 8.74. The molecule has 0 radical (unpaired) electrons. The zero-order valence-electron chi connectivity index (χ0n) is 9.94. The second-order valence-electron chi connectivity index (χ2n) is 3.97. The van der Waals surface area contributed by atoms with Crippen LogP contribution < -0.4 is 5.32 Å². The molecule has 0 fully saturated rings. The van der Waals surface area contributed by atoms with Crippen LogP contribution in [0.1, 0.15) is 15.6 Å². The van der Waals surface area contributed by atoms with Gasteiger partial charge in [-0.1, -0.05) is 11.6 Å². The number of amides is 1. The van der Waals surface area contributed by atoms with Crippen molar-refractivity contribution in [3.05, 3.63) is 45.4 Å². The van der Waals surface area contributed by atoms with Crippen molar-refractivity contribution >= 4 is 45.6 Å². The maximum absolute atomic E-state index is 12.0. The third-order valence-electron chi connectivity index (χ3n) is 2.55. The van der Waals surface area contributed by atoms with Crippen LogP contribution in [0.2, 0.25) is 4.34 Å². The van der Waals surface area contributed by atoms with Gasteiger partial charge < -0.3 is 9.73 Å². The van der Waals surface area contributed by atoms with Crippen LogP contribution in [-0.4, -0.2) is 10.9 Å². The zero-order valence-corrected chi connectivity index (χ0v) is 11.5. The number of hydrogen-bond acceptors (Lipinski definition) is 4. The van der Waals surface area contributed by atoms with Crippen LogP contribution in [0.4, 0.5) is 5.69 Å². The van der Waals surface area contributed by atoms with Crippen molar-refractivity contribution in [2.45, 2.75) is 6.92 Å². The minimum absolute atomic E-state index is 0.188. The number of carbonyl (C=O) groups excluding carboxylic acids is 1. The molecule has 0 aliphatic heterocycles. The molecule has 1 aromatic carbocycles. The van der Waals surface area contributed by atoms with E-state index in [4.69, 9.17) is 16.0 Å². The lowest BCUT2D eigenvalue weighted by atomic mass is 10.3. The van der Waals surface area contributed by atoms with E-state index in [2.05, 4.69) is 10.3 Å². The Balaban J connectivity index is 1.86. The summed E-state index contributed by atoms with van der Waals surface area (Å²) in [6.45, 7) is 1.78. The third-order valence-corrected chi connectivity index (χ3v) is 3.78. The first-order valence-electron chi connectivity index (χ1n) is 5.56. The highest BCUT2D eigenvalue weighted by Gasteiger charge is 2.10. The molecular weight excluding hydrogens is 284 g/mol. The second-order valence-corrected chi connectivity index (χ2v) is 5.69. The van der Waals surface area contributed by atoms with Crippen LogP contribution in [0, 0.1) is 6.92 Å². The van der Waals surface area contributed by atoms with Crippen molar-refractivity contribution in [3.63, 3.8) is 0 Å². The van der Waals surface area contributed by atoms with Gasteiger partial charge in [-0.05, 0) is 24.3 Å². The Labute approximate surface area is 118 Å². The number of rotatable bonds is 2. The summed E-state index contributed by atoms with van der Waals surface area (Å²) in [5.41, 5.74) is 2.09. The topological polar surface area (TPSA) is 55.1 Å². The second kappa shape index (κ2) is 4.68. The first-order valence-corrected chi connectivity index (χ1v) is 6.75. The van der Waals surface area contributed by atoms with E-state index < -0.39 is 0 Å². The van der Waals surface area contributed by atoms with Gasteiger partial charge in [-0.3, -0.25) is 4.79 Å². The van der Waals surface area contributed by atoms with Gasteiger partial charge in [0.1, 0.15) is 5.52 Å². The van der Waals surface area contributed by atoms with E-state index in [-0.39, 0.29) is 5.91 Å². The van der Waals surface area contributed by atoms with E-state index >= 15 is 0 Å². The van der Waals surface area contributed by atoms with E-state index in [1.165, 1.54) is 11.3 Å². The summed E-state index contributed by atoms with van der Waals surface area (Å²) in [5.74, 6) is 0.413. The molecule has 0 unspecified atom stereocenters. The Morgan fingerprint density at radius 2 is 2.21 bits per heavy atom. The Morgan fingerprint density at radius 3 is 2.95 bits per heavy atom. The molecule has 19 heavy (non-hydrogen) atoms. The predicted molar refractivity (Wildman–Crippen MR) is 76.0 cm³/mol. The van der Waals surface area contributed by atoms with Gasteiger partial charge in [-0.2, -0.15) is 0 Å². The van der Waals surface area contributed by atoms with Gasteiger partial charge in [0.05, 0.1) is 9.21 Å². The maximum atomic E-state index is 12.0. The molecule has 4 nitrogen and oxygen atoms in total. The smallest absolute Gasteiger partial charge is 0.265 e. The molecule has 1 N–H and O–H groups in total. The van der Waals surface area contributed by atoms with Crippen LogP contribution in [0.3, 0.4) is 0 Å². The number of aromatic nitrogens is 1. The molecule has 1 amide bonds. The van der Waals surface area contributed by atoms with Crippen molar-refractivity contribution in [2.75, 3.05) is 5.32 Å². The fourth-order valence-electron chi connectivity index (χ4n) is 1.75. The molecule has 2 aromatic heterocycles. The van der Waals surface area contributed by atoms with Gasteiger partial charge in [0.2, 0.25) is 0 Å². The Kier molecular flexibility index (Phi) is 3.00. The number of benzene rings is 1. The molecule has 96 valence electrons. The number of carbonyl (C=O) groups is 1. The largest absolute Gasteiger partial charge is 0.441 e. The fraction of sp³-hybridized carbons (Fsp3) is 0.0769. The molecule has 3 aromatic rings. The van der Waals surface area contributed by atoms with Gasteiger partial charge in [0, 0.05) is 18.7 Å². The molecule has 6 heteroatoms. The van der Waals surface area contributed by atoms with Gasteiger partial charge in [-0.25, -0.2) is 4.98 Å². The van der Waals surface area contributed by atoms with Crippen molar-refractivity contribution in [1.29, 1.82) is 0 Å². The Morgan fingerprint density at radius 1 is 1.37 bits per heavy atom. The standard InChI is InChI=1S/C13H9ClN2O2S/c1-7-15-9-3-2-8(6-10(9)18-7)16-13(17)11-4-5-12(14)19-11/h2-6H,1H3,(H,16,17). The number of halogens is 1. The number of nitrogens with zero attached hydrogens (tertiary/aromatic N) is 1. The zero-order chi connectivity index (χ0) is 13.4. The number of aryl methyl sites for hydroxylation is 1. The van der Waals surface area contributed by atoms with Crippen LogP contribution >= 0.6 is 22.9 Å². The first kappa shape index (κ1) is 12.2. The maximum Gasteiger partial charge on any atom is 0.265 e. The van der Waals surface area contributed by atoms with Crippen molar-refractivity contribution in [3.8, 4) is 0 Å². The van der Waals surface area contributed by atoms with E-state index in [1.807, 2.05) is 6.07 Å². The van der Waals surface area contributed by atoms with Crippen molar-refractivity contribution < 1.29 is 9.21 Å². The van der Waals surface area contributed by atoms with Gasteiger partial charge in [0.25, 0.3) is 5.91 Å². The van der Waals surface area contributed by atoms with E-state index in [0.717, 1.165) is 5.52 Å². The lowest BCUT2D eigenvalue weighted by Crippen LogP contribution is -2.09. The van der Waals surface area contributed by atoms with Crippen molar-refractivity contribution in [1.82, 2.24) is 4.98 Å². The summed E-state index contributed by atoms with van der Waals surface area (Å²) >= 11 is 7.04. The monoisotopic (exact) mass is 292 g/mol. The number of fused-ring (bicyclic) bond motifs is 1. The summed E-state index contributed by atoms with van der Waals surface area (Å²) in [7, 11) is 0. The van der Waals surface area contributed by atoms with E-state index in [1.54, 1.807) is 31.2 Å². The molecule has 0 saturated heterocycles. The van der Waals surface area contributed by atoms with Crippen LogP contribution in [-0.2, 0) is 0 Å². The molecule has 0 bridgehead atoms. The summed E-state index contributed by atoms with van der Waals surface area (Å²) in [6.07, 6.45) is 0. The molecule has 0 aliphatic carbocycles. The average Bonchev–Trinajstić information content (AvgIpc) is 2.93. The van der Waals surface area contributed by atoms with Gasteiger partial charge >= 0.3 is 0 Å². The first-order chi connectivity index (χ1) is 9.11. The normalized spacial score (nSPS) is 10.8. The lowest BCUT2D eigenvalue weighted by molar-refractivity contribution is 0.103. The lowest BCUT2D eigenvalue weighted by Gasteiger charge is -2.02. The SMILES string of the molecule is Cc1nc2ccc(NC(=O)c3ccc(Cl)s3)cc2o1. The molecule has 0 spiro atoms. The van der Waals surface area contributed by atoms with Crippen LogP contribution in [0.15, 0.2) is 34.7 Å². The summed E-state index contributed by atoms with van der Waals surface area (Å²) in [5, 5.41) is 2.80. The van der Waals surface area contributed by atoms with Crippen LogP contribution in [0.25, 0.3) is 11.1 Å². The number of hydrogen-bond donors (Lipinski definition) is 1.